The summed E-state index contributed by atoms with van der Waals surface area (Å²) in [6.45, 7) is 1.87. The lowest BCUT2D eigenvalue weighted by molar-refractivity contribution is 0.100. The summed E-state index contributed by atoms with van der Waals surface area (Å²) >= 11 is 0. The van der Waals surface area contributed by atoms with E-state index in [4.69, 9.17) is 10.5 Å². The average Bonchev–Trinajstić information content (AvgIpc) is 2.94. The third kappa shape index (κ3) is 2.52. The van der Waals surface area contributed by atoms with Crippen LogP contribution in [-0.2, 0) is 10.0 Å². The summed E-state index contributed by atoms with van der Waals surface area (Å²) in [5.74, 6) is -0.193. The number of aryl methyl sites for hydroxylation is 1. The molecule has 3 aromatic rings. The summed E-state index contributed by atoms with van der Waals surface area (Å²) in [7, 11) is -2.36. The van der Waals surface area contributed by atoms with E-state index in [1.54, 1.807) is 30.3 Å². The maximum absolute atomic E-state index is 12.9. The quantitative estimate of drug-likeness (QED) is 0.786. The third-order valence-corrected chi connectivity index (χ3v) is 5.51. The normalized spacial score (nSPS) is 11.6. The molecule has 0 bridgehead atoms. The molecule has 2 aromatic carbocycles. The van der Waals surface area contributed by atoms with Crippen LogP contribution in [0.15, 0.2) is 53.6 Å². The van der Waals surface area contributed by atoms with Crippen LogP contribution in [0.3, 0.4) is 0 Å². The number of hydrogen-bond donors (Lipinski definition) is 1. The molecule has 6 nitrogen and oxygen atoms in total. The predicted octanol–water partition coefficient (Wildman–Crippen LogP) is 2.29. The molecule has 0 saturated heterocycles. The van der Waals surface area contributed by atoms with Crippen molar-refractivity contribution in [2.75, 3.05) is 7.11 Å². The van der Waals surface area contributed by atoms with Gasteiger partial charge in [-0.3, -0.25) is 4.79 Å². The number of carbonyl (C=O) groups is 1. The number of ether oxygens (including phenoxy) is 1. The molecule has 7 heteroatoms. The number of nitrogens with zero attached hydrogens (tertiary/aromatic N) is 1. The molecule has 0 unspecified atom stereocenters. The Morgan fingerprint density at radius 1 is 1.12 bits per heavy atom. The number of aromatic nitrogens is 1. The van der Waals surface area contributed by atoms with Crippen LogP contribution in [0.2, 0.25) is 0 Å². The third-order valence-electron chi connectivity index (χ3n) is 3.82. The van der Waals surface area contributed by atoms with Crippen molar-refractivity contribution < 1.29 is 17.9 Å². The van der Waals surface area contributed by atoms with Gasteiger partial charge in [-0.15, -0.1) is 0 Å². The van der Waals surface area contributed by atoms with Gasteiger partial charge in [0, 0.05) is 11.6 Å². The van der Waals surface area contributed by atoms with Crippen molar-refractivity contribution in [3.05, 3.63) is 59.8 Å². The van der Waals surface area contributed by atoms with E-state index in [0.29, 0.717) is 16.7 Å². The van der Waals surface area contributed by atoms with E-state index in [9.17, 15) is 13.2 Å². The zero-order valence-corrected chi connectivity index (χ0v) is 14.0. The summed E-state index contributed by atoms with van der Waals surface area (Å²) in [4.78, 5) is 11.8. The van der Waals surface area contributed by atoms with Crippen molar-refractivity contribution in [3.8, 4) is 5.75 Å². The highest BCUT2D eigenvalue weighted by Crippen LogP contribution is 2.29. The largest absolute Gasteiger partial charge is 0.497 e. The second kappa shape index (κ2) is 5.68. The fourth-order valence-electron chi connectivity index (χ4n) is 2.53. The van der Waals surface area contributed by atoms with Crippen molar-refractivity contribution in [1.29, 1.82) is 0 Å². The van der Waals surface area contributed by atoms with Crippen LogP contribution < -0.4 is 10.5 Å². The molecule has 2 N–H and O–H groups in total. The van der Waals surface area contributed by atoms with Gasteiger partial charge in [0.05, 0.1) is 23.1 Å². The zero-order valence-electron chi connectivity index (χ0n) is 13.2. The number of primary amides is 1. The van der Waals surface area contributed by atoms with Gasteiger partial charge in [-0.25, -0.2) is 12.4 Å². The molecule has 0 radical (unpaired) electrons. The van der Waals surface area contributed by atoms with Crippen molar-refractivity contribution in [3.63, 3.8) is 0 Å². The first-order valence-electron chi connectivity index (χ1n) is 7.16. The van der Waals surface area contributed by atoms with Crippen LogP contribution >= 0.6 is 0 Å². The van der Waals surface area contributed by atoms with Gasteiger partial charge in [-0.1, -0.05) is 17.7 Å². The Kier molecular flexibility index (Phi) is 3.81. The Balaban J connectivity index is 2.30. The van der Waals surface area contributed by atoms with Gasteiger partial charge in [0.15, 0.2) is 0 Å². The number of hydrogen-bond acceptors (Lipinski definition) is 4. The highest BCUT2D eigenvalue weighted by Gasteiger charge is 2.23. The number of nitrogens with two attached hydrogens (primary N) is 1. The van der Waals surface area contributed by atoms with E-state index in [2.05, 4.69) is 0 Å². The number of rotatable bonds is 4. The molecule has 0 atom stereocenters. The van der Waals surface area contributed by atoms with Gasteiger partial charge in [-0.2, -0.15) is 0 Å². The molecular formula is C17H16N2O4S. The van der Waals surface area contributed by atoms with E-state index in [-0.39, 0.29) is 10.5 Å². The molecule has 3 rings (SSSR count). The molecular weight excluding hydrogens is 328 g/mol. The molecule has 1 amide bonds. The summed E-state index contributed by atoms with van der Waals surface area (Å²) in [6, 6.07) is 11.3. The second-order valence-electron chi connectivity index (χ2n) is 5.40. The lowest BCUT2D eigenvalue weighted by atomic mass is 10.1. The van der Waals surface area contributed by atoms with E-state index >= 15 is 0 Å². The van der Waals surface area contributed by atoms with Crippen molar-refractivity contribution in [2.45, 2.75) is 11.8 Å². The average molecular weight is 344 g/mol. The number of benzene rings is 2. The first-order chi connectivity index (χ1) is 11.3. The summed E-state index contributed by atoms with van der Waals surface area (Å²) < 4.78 is 32.1. The van der Waals surface area contributed by atoms with Gasteiger partial charge in [0.1, 0.15) is 5.75 Å². The minimum absolute atomic E-state index is 0.125. The molecule has 1 aromatic heterocycles. The Labute approximate surface area is 139 Å². The van der Waals surface area contributed by atoms with Gasteiger partial charge in [0.25, 0.3) is 15.9 Å². The van der Waals surface area contributed by atoms with Crippen LogP contribution in [0.5, 0.6) is 5.75 Å². The Bertz CT molecular complexity index is 1030. The highest BCUT2D eigenvalue weighted by molar-refractivity contribution is 7.90. The van der Waals surface area contributed by atoms with Crippen LogP contribution in [0, 0.1) is 6.92 Å². The van der Waals surface area contributed by atoms with E-state index < -0.39 is 15.9 Å². The van der Waals surface area contributed by atoms with Gasteiger partial charge in [0.2, 0.25) is 0 Å². The lowest BCUT2D eigenvalue weighted by Gasteiger charge is -2.08. The topological polar surface area (TPSA) is 91.4 Å². The molecule has 0 aliphatic rings. The smallest absolute Gasteiger partial charge is 0.268 e. The fourth-order valence-corrected chi connectivity index (χ4v) is 3.89. The SMILES string of the molecule is COc1ccc2c(c1)c(C(N)=O)cn2S(=O)(=O)c1ccc(C)cc1. The van der Waals surface area contributed by atoms with E-state index in [0.717, 1.165) is 9.54 Å². The predicted molar refractivity (Wildman–Crippen MR) is 90.8 cm³/mol. The van der Waals surface area contributed by atoms with Gasteiger partial charge < -0.3 is 10.5 Å². The highest BCUT2D eigenvalue weighted by atomic mass is 32.2. The van der Waals surface area contributed by atoms with E-state index in [1.807, 2.05) is 6.92 Å². The maximum atomic E-state index is 12.9. The summed E-state index contributed by atoms with van der Waals surface area (Å²) in [6.07, 6.45) is 1.25. The lowest BCUT2D eigenvalue weighted by Crippen LogP contribution is -2.13. The molecule has 0 aliphatic carbocycles. The van der Waals surface area contributed by atoms with Crippen LogP contribution in [0.25, 0.3) is 10.9 Å². The Morgan fingerprint density at radius 3 is 2.38 bits per heavy atom. The minimum atomic E-state index is -3.85. The Morgan fingerprint density at radius 2 is 1.79 bits per heavy atom. The molecule has 0 saturated carbocycles. The van der Waals surface area contributed by atoms with Gasteiger partial charge in [-0.05, 0) is 37.3 Å². The molecule has 124 valence electrons. The van der Waals surface area contributed by atoms with Crippen LogP contribution in [-0.4, -0.2) is 25.4 Å². The van der Waals surface area contributed by atoms with Crippen molar-refractivity contribution >= 4 is 26.8 Å². The summed E-state index contributed by atoms with van der Waals surface area (Å²) in [5, 5.41) is 0.428. The monoisotopic (exact) mass is 344 g/mol. The molecule has 0 fully saturated rings. The minimum Gasteiger partial charge on any atom is -0.497 e. The molecule has 0 spiro atoms. The fraction of sp³-hybridized carbons (Fsp3) is 0.118. The molecule has 24 heavy (non-hydrogen) atoms. The molecule has 0 aliphatic heterocycles. The van der Waals surface area contributed by atoms with E-state index in [1.165, 1.54) is 25.4 Å². The van der Waals surface area contributed by atoms with Gasteiger partial charge >= 0.3 is 0 Å². The van der Waals surface area contributed by atoms with Crippen LogP contribution in [0.1, 0.15) is 15.9 Å². The standard InChI is InChI=1S/C17H16N2O4S/c1-11-3-6-13(7-4-11)24(21,22)19-10-15(17(18)20)14-9-12(23-2)5-8-16(14)19/h3-10H,1-2H3,(H2,18,20). The number of fused-ring (bicyclic) bond motifs is 1. The first kappa shape index (κ1) is 16.1. The van der Waals surface area contributed by atoms with Crippen LogP contribution in [0.4, 0.5) is 0 Å². The zero-order chi connectivity index (χ0) is 17.5. The second-order valence-corrected chi connectivity index (χ2v) is 7.22. The van der Waals surface area contributed by atoms with Crippen molar-refractivity contribution in [2.24, 2.45) is 5.73 Å². The number of carbonyl (C=O) groups excluding carboxylic acids is 1. The Hall–Kier alpha value is -2.80. The molecule has 1 heterocycles. The summed E-state index contributed by atoms with van der Waals surface area (Å²) in [5.41, 5.74) is 6.84. The number of methoxy groups -OCH3 is 1. The maximum Gasteiger partial charge on any atom is 0.268 e. The number of amides is 1. The first-order valence-corrected chi connectivity index (χ1v) is 8.60. The van der Waals surface area contributed by atoms with Crippen molar-refractivity contribution in [1.82, 2.24) is 3.97 Å².